The van der Waals surface area contributed by atoms with Gasteiger partial charge in [0.1, 0.15) is 0 Å². The number of carbonyl (C=O) groups is 2. The molecule has 0 bridgehead atoms. The first-order valence-corrected chi connectivity index (χ1v) is 13.1. The molecule has 0 unspecified atom stereocenters. The van der Waals surface area contributed by atoms with Gasteiger partial charge in [-0.25, -0.2) is 4.90 Å². The summed E-state index contributed by atoms with van der Waals surface area (Å²) in [6, 6.07) is 22.1. The molecule has 5 rings (SSSR count). The Balaban J connectivity index is 1.67. The SMILES string of the molecule is CCCCn1nnc(N(C(=O)c2cccc3c(Br)cccc23)C(=O)c2cccc3c(Br)cccc23)n1. The number of aromatic nitrogens is 4. The number of imide groups is 1. The van der Waals surface area contributed by atoms with Crippen LogP contribution < -0.4 is 4.90 Å². The van der Waals surface area contributed by atoms with Gasteiger partial charge in [-0.1, -0.05) is 98.8 Å². The average molecular weight is 607 g/mol. The molecule has 7 nitrogen and oxygen atoms in total. The summed E-state index contributed by atoms with van der Waals surface area (Å²) < 4.78 is 1.71. The molecule has 4 aromatic carbocycles. The summed E-state index contributed by atoms with van der Waals surface area (Å²) in [6.07, 6.45) is 1.81. The van der Waals surface area contributed by atoms with E-state index in [1.807, 2.05) is 48.5 Å². The topological polar surface area (TPSA) is 81.0 Å². The first-order chi connectivity index (χ1) is 17.5. The minimum absolute atomic E-state index is 0.0555. The van der Waals surface area contributed by atoms with Crippen molar-refractivity contribution in [3.05, 3.63) is 92.9 Å². The van der Waals surface area contributed by atoms with Crippen molar-refractivity contribution in [3.63, 3.8) is 0 Å². The summed E-state index contributed by atoms with van der Waals surface area (Å²) in [5.74, 6) is -1.10. The van der Waals surface area contributed by atoms with Crippen molar-refractivity contribution in [1.82, 2.24) is 20.2 Å². The van der Waals surface area contributed by atoms with Crippen LogP contribution in [0.1, 0.15) is 40.5 Å². The summed E-state index contributed by atoms with van der Waals surface area (Å²) >= 11 is 7.11. The highest BCUT2D eigenvalue weighted by Gasteiger charge is 2.32. The van der Waals surface area contributed by atoms with Crippen LogP contribution in [-0.2, 0) is 6.54 Å². The number of tetrazole rings is 1. The van der Waals surface area contributed by atoms with Crippen molar-refractivity contribution >= 4 is 71.2 Å². The summed E-state index contributed by atoms with van der Waals surface area (Å²) in [5.41, 5.74) is 0.738. The number of benzene rings is 4. The minimum Gasteiger partial charge on any atom is -0.268 e. The van der Waals surface area contributed by atoms with Crippen LogP contribution in [0.2, 0.25) is 0 Å². The van der Waals surface area contributed by atoms with E-state index in [1.165, 1.54) is 4.80 Å². The summed E-state index contributed by atoms with van der Waals surface area (Å²) in [7, 11) is 0. The molecule has 0 spiro atoms. The molecule has 0 saturated carbocycles. The molecule has 0 fully saturated rings. The number of carbonyl (C=O) groups excluding carboxylic acids is 2. The van der Waals surface area contributed by atoms with Gasteiger partial charge in [0.15, 0.2) is 0 Å². The third-order valence-electron chi connectivity index (χ3n) is 5.96. The van der Waals surface area contributed by atoms with E-state index in [-0.39, 0.29) is 5.95 Å². The second-order valence-electron chi connectivity index (χ2n) is 8.27. The van der Waals surface area contributed by atoms with Crippen LogP contribution in [0.3, 0.4) is 0 Å². The molecule has 0 aliphatic heterocycles. The number of anilines is 1. The fourth-order valence-electron chi connectivity index (χ4n) is 4.15. The summed E-state index contributed by atoms with van der Waals surface area (Å²) in [4.78, 5) is 30.6. The van der Waals surface area contributed by atoms with Crippen molar-refractivity contribution < 1.29 is 9.59 Å². The van der Waals surface area contributed by atoms with E-state index in [0.717, 1.165) is 37.5 Å². The molecule has 2 amide bonds. The molecule has 9 heteroatoms. The van der Waals surface area contributed by atoms with Crippen LogP contribution in [0, 0.1) is 0 Å². The fourth-order valence-corrected chi connectivity index (χ4v) is 5.15. The van der Waals surface area contributed by atoms with Gasteiger partial charge in [0.25, 0.3) is 17.8 Å². The van der Waals surface area contributed by atoms with Gasteiger partial charge in [-0.15, -0.1) is 5.10 Å². The van der Waals surface area contributed by atoms with E-state index in [4.69, 9.17) is 0 Å². The molecule has 0 saturated heterocycles. The highest BCUT2D eigenvalue weighted by atomic mass is 79.9. The van der Waals surface area contributed by atoms with Crippen LogP contribution in [0.5, 0.6) is 0 Å². The smallest absolute Gasteiger partial charge is 0.268 e. The number of unbranched alkanes of at least 4 members (excludes halogenated alkanes) is 1. The van der Waals surface area contributed by atoms with Crippen molar-refractivity contribution in [1.29, 1.82) is 0 Å². The molecule has 0 atom stereocenters. The Morgan fingerprint density at radius 3 is 1.81 bits per heavy atom. The lowest BCUT2D eigenvalue weighted by Gasteiger charge is -2.19. The number of amides is 2. The van der Waals surface area contributed by atoms with Crippen LogP contribution >= 0.6 is 31.9 Å². The third kappa shape index (κ3) is 4.44. The third-order valence-corrected chi connectivity index (χ3v) is 7.34. The van der Waals surface area contributed by atoms with E-state index in [9.17, 15) is 9.59 Å². The molecular weight excluding hydrogens is 586 g/mol. The molecule has 180 valence electrons. The van der Waals surface area contributed by atoms with Crippen LogP contribution in [0.25, 0.3) is 21.5 Å². The Bertz CT molecular complexity index is 1520. The Labute approximate surface area is 224 Å². The van der Waals surface area contributed by atoms with Gasteiger partial charge in [-0.05, 0) is 57.4 Å². The molecular formula is C27H21Br2N5O2. The zero-order valence-corrected chi connectivity index (χ0v) is 22.5. The Morgan fingerprint density at radius 2 is 1.28 bits per heavy atom. The van der Waals surface area contributed by atoms with Crippen molar-refractivity contribution in [3.8, 4) is 0 Å². The molecule has 0 aliphatic carbocycles. The normalized spacial score (nSPS) is 11.2. The second kappa shape index (κ2) is 10.3. The van der Waals surface area contributed by atoms with Gasteiger partial charge in [-0.3, -0.25) is 9.59 Å². The van der Waals surface area contributed by atoms with E-state index in [1.54, 1.807) is 24.3 Å². The maximum atomic E-state index is 14.1. The Morgan fingerprint density at radius 1 is 0.778 bits per heavy atom. The van der Waals surface area contributed by atoms with Gasteiger partial charge < -0.3 is 0 Å². The van der Waals surface area contributed by atoms with Gasteiger partial charge in [-0.2, -0.15) is 4.80 Å². The molecule has 0 N–H and O–H groups in total. The largest absolute Gasteiger partial charge is 0.280 e. The number of rotatable bonds is 6. The Kier molecular flexibility index (Phi) is 6.93. The molecule has 36 heavy (non-hydrogen) atoms. The maximum Gasteiger partial charge on any atom is 0.280 e. The van der Waals surface area contributed by atoms with Gasteiger partial charge in [0, 0.05) is 20.1 Å². The molecule has 5 aromatic rings. The first kappa shape index (κ1) is 24.3. The highest BCUT2D eigenvalue weighted by molar-refractivity contribution is 9.11. The maximum absolute atomic E-state index is 14.1. The number of hydrogen-bond acceptors (Lipinski definition) is 5. The molecule has 1 heterocycles. The monoisotopic (exact) mass is 605 g/mol. The van der Waals surface area contributed by atoms with E-state index in [2.05, 4.69) is 54.2 Å². The minimum atomic E-state index is -0.522. The van der Waals surface area contributed by atoms with E-state index < -0.39 is 11.8 Å². The van der Waals surface area contributed by atoms with E-state index in [0.29, 0.717) is 28.4 Å². The number of hydrogen-bond donors (Lipinski definition) is 0. The number of fused-ring (bicyclic) bond motifs is 2. The molecule has 1 aromatic heterocycles. The van der Waals surface area contributed by atoms with Crippen molar-refractivity contribution in [2.45, 2.75) is 26.3 Å². The first-order valence-electron chi connectivity index (χ1n) is 11.5. The van der Waals surface area contributed by atoms with E-state index >= 15 is 0 Å². The quantitative estimate of drug-likeness (QED) is 0.199. The van der Waals surface area contributed by atoms with Gasteiger partial charge in [0.05, 0.1) is 6.54 Å². The van der Waals surface area contributed by atoms with Crippen LogP contribution in [-0.4, -0.2) is 32.0 Å². The Hall–Kier alpha value is -3.43. The molecule has 0 aliphatic rings. The van der Waals surface area contributed by atoms with Crippen molar-refractivity contribution in [2.24, 2.45) is 0 Å². The average Bonchev–Trinajstić information content (AvgIpc) is 3.35. The van der Waals surface area contributed by atoms with Crippen LogP contribution in [0.4, 0.5) is 5.95 Å². The zero-order valence-electron chi connectivity index (χ0n) is 19.4. The van der Waals surface area contributed by atoms with Gasteiger partial charge in [0.2, 0.25) is 0 Å². The molecule has 0 radical (unpaired) electrons. The lowest BCUT2D eigenvalue weighted by atomic mass is 10.0. The zero-order chi connectivity index (χ0) is 25.2. The fraction of sp³-hybridized carbons (Fsp3) is 0.148. The number of halogens is 2. The number of nitrogens with zero attached hydrogens (tertiary/aromatic N) is 5. The summed E-state index contributed by atoms with van der Waals surface area (Å²) in [5, 5.41) is 15.8. The highest BCUT2D eigenvalue weighted by Crippen LogP contribution is 2.30. The van der Waals surface area contributed by atoms with Crippen molar-refractivity contribution in [2.75, 3.05) is 4.90 Å². The lowest BCUT2D eigenvalue weighted by Crippen LogP contribution is -2.38. The number of aryl methyl sites for hydroxylation is 1. The lowest BCUT2D eigenvalue weighted by molar-refractivity contribution is 0.0897. The predicted octanol–water partition coefficient (Wildman–Crippen LogP) is 6.79. The predicted molar refractivity (Wildman–Crippen MR) is 147 cm³/mol. The van der Waals surface area contributed by atoms with Gasteiger partial charge >= 0.3 is 0 Å². The summed E-state index contributed by atoms with van der Waals surface area (Å²) in [6.45, 7) is 2.61. The standard InChI is InChI=1S/C27H21Br2N5O2/c1-2-3-16-33-31-27(30-32-33)34(25(35)21-12-4-10-19-17(21)8-6-14-23(19)28)26(36)22-13-5-11-20-18(22)9-7-15-24(20)29/h4-15H,2-3,16H2,1H3. The second-order valence-corrected chi connectivity index (χ2v) is 9.97. The van der Waals surface area contributed by atoms with Crippen LogP contribution in [0.15, 0.2) is 81.7 Å².